The molecule has 1 N–H and O–H groups in total. The number of hydrogen-bond donors (Lipinski definition) is 1. The zero-order valence-electron chi connectivity index (χ0n) is 12.0. The Balaban J connectivity index is 1.77. The largest absolute Gasteiger partial charge is 0.497 e. The van der Waals surface area contributed by atoms with Crippen LogP contribution in [-0.4, -0.2) is 27.7 Å². The second-order valence-corrected chi connectivity index (χ2v) is 5.37. The number of aromatic nitrogens is 2. The predicted octanol–water partition coefficient (Wildman–Crippen LogP) is 2.13. The summed E-state index contributed by atoms with van der Waals surface area (Å²) in [5.74, 6) is 0.856. The van der Waals surface area contributed by atoms with Gasteiger partial charge in [-0.2, -0.15) is 0 Å². The fraction of sp³-hybridized carbons (Fsp3) is 0.375. The molecule has 1 unspecified atom stereocenters. The first-order valence-electron chi connectivity index (χ1n) is 7.06. The summed E-state index contributed by atoms with van der Waals surface area (Å²) < 4.78 is 7.31. The zero-order valence-corrected chi connectivity index (χ0v) is 12.0. The number of imidazole rings is 1. The molecule has 2 heterocycles. The van der Waals surface area contributed by atoms with E-state index in [1.54, 1.807) is 7.11 Å². The highest BCUT2D eigenvalue weighted by Crippen LogP contribution is 2.23. The van der Waals surface area contributed by atoms with Crippen LogP contribution in [0.3, 0.4) is 0 Å². The van der Waals surface area contributed by atoms with Gasteiger partial charge in [-0.05, 0) is 24.1 Å². The number of carboxylic acids is 1. The lowest BCUT2D eigenvalue weighted by atomic mass is 9.96. The van der Waals surface area contributed by atoms with Crippen molar-refractivity contribution in [2.75, 3.05) is 7.11 Å². The van der Waals surface area contributed by atoms with Crippen molar-refractivity contribution in [3.63, 3.8) is 0 Å². The predicted molar refractivity (Wildman–Crippen MR) is 77.5 cm³/mol. The van der Waals surface area contributed by atoms with Crippen LogP contribution in [0.2, 0.25) is 0 Å². The highest BCUT2D eigenvalue weighted by molar-refractivity contribution is 5.70. The molecular weight excluding hydrogens is 268 g/mol. The van der Waals surface area contributed by atoms with Gasteiger partial charge in [-0.1, -0.05) is 12.1 Å². The summed E-state index contributed by atoms with van der Waals surface area (Å²) in [6.45, 7) is 0.734. The Morgan fingerprint density at radius 2 is 2.19 bits per heavy atom. The lowest BCUT2D eigenvalue weighted by Crippen LogP contribution is -2.26. The molecule has 0 bridgehead atoms. The van der Waals surface area contributed by atoms with E-state index in [2.05, 4.69) is 9.55 Å². The van der Waals surface area contributed by atoms with Crippen LogP contribution in [0.15, 0.2) is 30.5 Å². The van der Waals surface area contributed by atoms with E-state index >= 15 is 0 Å². The number of carbonyl (C=O) groups is 1. The van der Waals surface area contributed by atoms with Crippen molar-refractivity contribution in [2.24, 2.45) is 5.92 Å². The Hall–Kier alpha value is -2.30. The van der Waals surface area contributed by atoms with Gasteiger partial charge in [-0.25, -0.2) is 4.98 Å². The van der Waals surface area contributed by atoms with Crippen LogP contribution in [0.1, 0.15) is 23.5 Å². The van der Waals surface area contributed by atoms with E-state index in [4.69, 9.17) is 9.84 Å². The van der Waals surface area contributed by atoms with Gasteiger partial charge >= 0.3 is 5.97 Å². The molecule has 1 aromatic heterocycles. The average molecular weight is 286 g/mol. The average Bonchev–Trinajstić information content (AvgIpc) is 2.90. The number of benzene rings is 1. The number of fused-ring (bicyclic) bond motifs is 1. The second kappa shape index (κ2) is 5.60. The van der Waals surface area contributed by atoms with E-state index in [9.17, 15) is 4.79 Å². The molecule has 1 aliphatic rings. The van der Waals surface area contributed by atoms with Gasteiger partial charge < -0.3 is 14.4 Å². The van der Waals surface area contributed by atoms with E-state index in [0.717, 1.165) is 30.2 Å². The molecular formula is C16H18N2O3. The van der Waals surface area contributed by atoms with Gasteiger partial charge in [-0.3, -0.25) is 4.79 Å². The molecule has 0 amide bonds. The molecule has 5 nitrogen and oxygen atoms in total. The van der Waals surface area contributed by atoms with E-state index in [1.165, 1.54) is 5.56 Å². The van der Waals surface area contributed by atoms with Crippen LogP contribution in [0, 0.1) is 5.92 Å². The Morgan fingerprint density at radius 1 is 1.43 bits per heavy atom. The summed E-state index contributed by atoms with van der Waals surface area (Å²) in [4.78, 5) is 15.5. The number of aliphatic carboxylic acids is 1. The molecule has 110 valence electrons. The first kappa shape index (κ1) is 13.7. The topological polar surface area (TPSA) is 64.4 Å². The quantitative estimate of drug-likeness (QED) is 0.935. The van der Waals surface area contributed by atoms with Crippen LogP contribution in [0.25, 0.3) is 0 Å². The smallest absolute Gasteiger partial charge is 0.306 e. The normalized spacial score (nSPS) is 17.3. The molecule has 0 fully saturated rings. The summed E-state index contributed by atoms with van der Waals surface area (Å²) >= 11 is 0. The van der Waals surface area contributed by atoms with Gasteiger partial charge in [0.1, 0.15) is 11.6 Å². The summed E-state index contributed by atoms with van der Waals surface area (Å²) in [5, 5.41) is 9.11. The number of rotatable bonds is 4. The van der Waals surface area contributed by atoms with Crippen molar-refractivity contribution in [1.82, 2.24) is 9.55 Å². The van der Waals surface area contributed by atoms with Gasteiger partial charge in [-0.15, -0.1) is 0 Å². The van der Waals surface area contributed by atoms with Crippen molar-refractivity contribution in [1.29, 1.82) is 0 Å². The summed E-state index contributed by atoms with van der Waals surface area (Å²) in [5.41, 5.74) is 2.20. The Morgan fingerprint density at radius 3 is 2.86 bits per heavy atom. The van der Waals surface area contributed by atoms with Crippen LogP contribution >= 0.6 is 0 Å². The third-order valence-electron chi connectivity index (χ3n) is 4.05. The maximum absolute atomic E-state index is 11.1. The third kappa shape index (κ3) is 2.77. The van der Waals surface area contributed by atoms with Crippen LogP contribution < -0.4 is 4.74 Å². The Bertz CT molecular complexity index is 646. The van der Waals surface area contributed by atoms with Gasteiger partial charge in [0.15, 0.2) is 0 Å². The van der Waals surface area contributed by atoms with E-state index in [1.807, 2.05) is 30.5 Å². The van der Waals surface area contributed by atoms with Gasteiger partial charge in [0.2, 0.25) is 0 Å². The van der Waals surface area contributed by atoms with E-state index in [-0.39, 0.29) is 5.92 Å². The maximum atomic E-state index is 11.1. The SMILES string of the molecule is COc1ccc(Cc2ncc3n2CCC(C(=O)O)C3)cc1. The van der Waals surface area contributed by atoms with Crippen molar-refractivity contribution in [3.05, 3.63) is 47.5 Å². The third-order valence-corrected chi connectivity index (χ3v) is 4.05. The molecule has 1 aliphatic heterocycles. The van der Waals surface area contributed by atoms with Gasteiger partial charge in [0, 0.05) is 31.3 Å². The van der Waals surface area contributed by atoms with E-state index in [0.29, 0.717) is 12.8 Å². The minimum atomic E-state index is -0.709. The second-order valence-electron chi connectivity index (χ2n) is 5.37. The fourth-order valence-corrected chi connectivity index (χ4v) is 2.81. The summed E-state index contributed by atoms with van der Waals surface area (Å²) in [7, 11) is 1.65. The molecule has 0 saturated heterocycles. The molecule has 5 heteroatoms. The molecule has 3 rings (SSSR count). The molecule has 1 aromatic carbocycles. The van der Waals surface area contributed by atoms with Crippen molar-refractivity contribution in [2.45, 2.75) is 25.8 Å². The molecule has 0 aliphatic carbocycles. The van der Waals surface area contributed by atoms with Crippen LogP contribution in [-0.2, 0) is 24.2 Å². The lowest BCUT2D eigenvalue weighted by molar-refractivity contribution is -0.142. The van der Waals surface area contributed by atoms with Crippen molar-refractivity contribution in [3.8, 4) is 5.75 Å². The minimum Gasteiger partial charge on any atom is -0.497 e. The number of hydrogen-bond acceptors (Lipinski definition) is 3. The number of nitrogens with zero attached hydrogens (tertiary/aromatic N) is 2. The highest BCUT2D eigenvalue weighted by Gasteiger charge is 2.26. The molecule has 21 heavy (non-hydrogen) atoms. The van der Waals surface area contributed by atoms with Crippen molar-refractivity contribution < 1.29 is 14.6 Å². The highest BCUT2D eigenvalue weighted by atomic mass is 16.5. The number of carboxylic acid groups (broad SMARTS) is 1. The molecule has 0 radical (unpaired) electrons. The Labute approximate surface area is 123 Å². The fourth-order valence-electron chi connectivity index (χ4n) is 2.81. The monoisotopic (exact) mass is 286 g/mol. The van der Waals surface area contributed by atoms with Crippen LogP contribution in [0.5, 0.6) is 5.75 Å². The van der Waals surface area contributed by atoms with Crippen LogP contribution in [0.4, 0.5) is 0 Å². The first-order valence-corrected chi connectivity index (χ1v) is 7.06. The molecule has 0 spiro atoms. The number of ether oxygens (including phenoxy) is 1. The van der Waals surface area contributed by atoms with Gasteiger partial charge in [0.25, 0.3) is 0 Å². The Kier molecular flexibility index (Phi) is 3.64. The standard InChI is InChI=1S/C16H18N2O3/c1-21-14-4-2-11(3-5-14)8-15-17-10-13-9-12(16(19)20)6-7-18(13)15/h2-5,10,12H,6-9H2,1H3,(H,19,20). The first-order chi connectivity index (χ1) is 10.2. The summed E-state index contributed by atoms with van der Waals surface area (Å²) in [6.07, 6.45) is 3.81. The molecule has 0 saturated carbocycles. The van der Waals surface area contributed by atoms with E-state index < -0.39 is 5.97 Å². The van der Waals surface area contributed by atoms with Gasteiger partial charge in [0.05, 0.1) is 13.0 Å². The zero-order chi connectivity index (χ0) is 14.8. The molecule has 2 aromatic rings. The summed E-state index contributed by atoms with van der Waals surface area (Å²) in [6, 6.07) is 7.94. The minimum absolute atomic E-state index is 0.275. The maximum Gasteiger partial charge on any atom is 0.306 e. The van der Waals surface area contributed by atoms with Crippen molar-refractivity contribution >= 4 is 5.97 Å². The molecule has 1 atom stereocenters. The lowest BCUT2D eigenvalue weighted by Gasteiger charge is -2.22. The number of methoxy groups -OCH3 is 1.